The van der Waals surface area contributed by atoms with Crippen LogP contribution in [0.25, 0.3) is 0 Å². The number of hydrogen-bond acceptors (Lipinski definition) is 6. The zero-order chi connectivity index (χ0) is 21.7. The Bertz CT molecular complexity index is 962. The number of nitro benzene ring substituents is 1. The van der Waals surface area contributed by atoms with E-state index < -0.39 is 11.0 Å². The van der Waals surface area contributed by atoms with Gasteiger partial charge in [0.15, 0.2) is 6.10 Å². The van der Waals surface area contributed by atoms with E-state index in [1.807, 2.05) is 19.1 Å². The molecule has 3 rings (SSSR count). The summed E-state index contributed by atoms with van der Waals surface area (Å²) in [5.74, 6) is -0.0472. The molecule has 0 saturated heterocycles. The molecular formula is C21H24N4O5. The van der Waals surface area contributed by atoms with Crippen LogP contribution in [0.5, 0.6) is 5.75 Å². The summed E-state index contributed by atoms with van der Waals surface area (Å²) in [5.41, 5.74) is 1.42. The first-order chi connectivity index (χ1) is 14.4. The van der Waals surface area contributed by atoms with E-state index in [-0.39, 0.29) is 30.6 Å². The van der Waals surface area contributed by atoms with E-state index >= 15 is 0 Å². The molecule has 158 valence electrons. The summed E-state index contributed by atoms with van der Waals surface area (Å²) in [6.07, 6.45) is 0.0720. The maximum absolute atomic E-state index is 12.7. The number of fused-ring (bicyclic) bond motifs is 1. The third-order valence-electron chi connectivity index (χ3n) is 4.81. The van der Waals surface area contributed by atoms with Crippen molar-refractivity contribution in [3.63, 3.8) is 0 Å². The van der Waals surface area contributed by atoms with Crippen molar-refractivity contribution in [2.24, 2.45) is 0 Å². The Labute approximate surface area is 174 Å². The topological polar surface area (TPSA) is 114 Å². The fourth-order valence-corrected chi connectivity index (χ4v) is 3.28. The lowest BCUT2D eigenvalue weighted by atomic mass is 10.1. The number of para-hydroxylation sites is 2. The highest BCUT2D eigenvalue weighted by Crippen LogP contribution is 2.33. The number of benzene rings is 2. The molecule has 2 aromatic carbocycles. The summed E-state index contributed by atoms with van der Waals surface area (Å²) in [6.45, 7) is 4.29. The van der Waals surface area contributed by atoms with Crippen molar-refractivity contribution >= 4 is 28.9 Å². The van der Waals surface area contributed by atoms with Crippen LogP contribution in [0.3, 0.4) is 0 Å². The van der Waals surface area contributed by atoms with Gasteiger partial charge in [-0.3, -0.25) is 19.7 Å². The lowest BCUT2D eigenvalue weighted by molar-refractivity contribution is -0.385. The number of anilines is 2. The highest BCUT2D eigenvalue weighted by molar-refractivity contribution is 5.96. The molecule has 2 aromatic rings. The van der Waals surface area contributed by atoms with Crippen LogP contribution in [-0.2, 0) is 9.59 Å². The molecule has 30 heavy (non-hydrogen) atoms. The summed E-state index contributed by atoms with van der Waals surface area (Å²) in [7, 11) is 0. The molecule has 9 heteroatoms. The fourth-order valence-electron chi connectivity index (χ4n) is 3.28. The van der Waals surface area contributed by atoms with Crippen LogP contribution in [0, 0.1) is 17.0 Å². The van der Waals surface area contributed by atoms with Crippen LogP contribution < -0.4 is 20.3 Å². The van der Waals surface area contributed by atoms with Gasteiger partial charge in [-0.15, -0.1) is 0 Å². The number of nitrogens with zero attached hydrogens (tertiary/aromatic N) is 2. The highest BCUT2D eigenvalue weighted by Gasteiger charge is 2.31. The quantitative estimate of drug-likeness (QED) is 0.534. The second-order valence-corrected chi connectivity index (χ2v) is 7.00. The molecule has 1 aliphatic heterocycles. The highest BCUT2D eigenvalue weighted by atomic mass is 16.6. The summed E-state index contributed by atoms with van der Waals surface area (Å²) in [6, 6.07) is 11.7. The third kappa shape index (κ3) is 4.68. The van der Waals surface area contributed by atoms with E-state index in [2.05, 4.69) is 10.6 Å². The Morgan fingerprint density at radius 3 is 2.73 bits per heavy atom. The minimum Gasteiger partial charge on any atom is -0.477 e. The van der Waals surface area contributed by atoms with E-state index in [9.17, 15) is 19.7 Å². The van der Waals surface area contributed by atoms with Gasteiger partial charge < -0.3 is 20.3 Å². The average molecular weight is 412 g/mol. The fraction of sp³-hybridized carbons (Fsp3) is 0.333. The van der Waals surface area contributed by atoms with Crippen LogP contribution in [0.1, 0.15) is 18.9 Å². The Hall–Kier alpha value is -3.62. The molecule has 0 aromatic heterocycles. The van der Waals surface area contributed by atoms with Crippen LogP contribution in [0.15, 0.2) is 42.5 Å². The van der Waals surface area contributed by atoms with Crippen LogP contribution >= 0.6 is 0 Å². The number of nitro groups is 1. The van der Waals surface area contributed by atoms with Gasteiger partial charge in [0.25, 0.3) is 11.6 Å². The molecule has 2 N–H and O–H groups in total. The number of ether oxygens (including phenoxy) is 1. The van der Waals surface area contributed by atoms with Gasteiger partial charge in [0.2, 0.25) is 5.91 Å². The summed E-state index contributed by atoms with van der Waals surface area (Å²) in [5, 5.41) is 16.7. The maximum Gasteiger partial charge on any atom is 0.274 e. The van der Waals surface area contributed by atoms with Gasteiger partial charge in [-0.25, -0.2) is 0 Å². The molecule has 9 nitrogen and oxygen atoms in total. The van der Waals surface area contributed by atoms with Gasteiger partial charge >= 0.3 is 0 Å². The second kappa shape index (κ2) is 9.25. The molecule has 0 unspecified atom stereocenters. The molecule has 0 radical (unpaired) electrons. The van der Waals surface area contributed by atoms with Crippen molar-refractivity contribution in [1.29, 1.82) is 0 Å². The molecule has 0 spiro atoms. The van der Waals surface area contributed by atoms with Crippen molar-refractivity contribution in [2.75, 3.05) is 29.9 Å². The molecule has 0 aliphatic carbocycles. The largest absolute Gasteiger partial charge is 0.477 e. The van der Waals surface area contributed by atoms with Crippen LogP contribution in [0.4, 0.5) is 17.1 Å². The molecule has 1 aliphatic rings. The minimum atomic E-state index is -0.737. The molecule has 1 heterocycles. The second-order valence-electron chi connectivity index (χ2n) is 7.00. The Kier molecular flexibility index (Phi) is 6.51. The van der Waals surface area contributed by atoms with Crippen molar-refractivity contribution < 1.29 is 19.2 Å². The lowest BCUT2D eigenvalue weighted by Crippen LogP contribution is -2.50. The van der Waals surface area contributed by atoms with E-state index in [0.717, 1.165) is 6.42 Å². The van der Waals surface area contributed by atoms with Crippen molar-refractivity contribution in [2.45, 2.75) is 26.4 Å². The first kappa shape index (κ1) is 21.1. The van der Waals surface area contributed by atoms with Gasteiger partial charge in [0.1, 0.15) is 5.75 Å². The standard InChI is InChI=1S/C21H24N4O5/c1-3-11-22-21(27)19-12-24(17-8-4-5-10-18(17)30-19)13-20(26)23-15-7-6-9-16(14(15)2)25(28)29/h4-10,19H,3,11-13H2,1-2H3,(H,22,27)(H,23,26)/t19-/m0/s1. The Morgan fingerprint density at radius 1 is 1.23 bits per heavy atom. The van der Waals surface area contributed by atoms with E-state index in [1.165, 1.54) is 12.1 Å². The Morgan fingerprint density at radius 2 is 2.00 bits per heavy atom. The number of amides is 2. The average Bonchev–Trinajstić information content (AvgIpc) is 2.73. The van der Waals surface area contributed by atoms with E-state index in [0.29, 0.717) is 29.2 Å². The number of carbonyl (C=O) groups is 2. The summed E-state index contributed by atoms with van der Waals surface area (Å²) in [4.78, 5) is 37.5. The molecule has 0 bridgehead atoms. The van der Waals surface area contributed by atoms with Gasteiger partial charge in [0.05, 0.1) is 35.0 Å². The molecular weight excluding hydrogens is 388 g/mol. The zero-order valence-corrected chi connectivity index (χ0v) is 16.9. The number of carbonyl (C=O) groups excluding carboxylic acids is 2. The Balaban J connectivity index is 1.76. The van der Waals surface area contributed by atoms with E-state index in [4.69, 9.17) is 4.74 Å². The predicted molar refractivity (Wildman–Crippen MR) is 113 cm³/mol. The lowest BCUT2D eigenvalue weighted by Gasteiger charge is -2.35. The molecule has 0 fully saturated rings. The molecule has 1 atom stereocenters. The van der Waals surface area contributed by atoms with Gasteiger partial charge in [-0.2, -0.15) is 0 Å². The van der Waals surface area contributed by atoms with Crippen LogP contribution in [-0.4, -0.2) is 42.5 Å². The van der Waals surface area contributed by atoms with Gasteiger partial charge in [-0.05, 0) is 31.5 Å². The smallest absolute Gasteiger partial charge is 0.274 e. The maximum atomic E-state index is 12.7. The molecule has 2 amide bonds. The number of rotatable bonds is 7. The predicted octanol–water partition coefficient (Wildman–Crippen LogP) is 2.64. The van der Waals surface area contributed by atoms with Gasteiger partial charge in [-0.1, -0.05) is 25.1 Å². The SMILES string of the molecule is CCCNC(=O)[C@@H]1CN(CC(=O)Nc2cccc([N+](=O)[O-])c2C)c2ccccc2O1. The van der Waals surface area contributed by atoms with E-state index in [1.54, 1.807) is 30.0 Å². The van der Waals surface area contributed by atoms with Crippen LogP contribution in [0.2, 0.25) is 0 Å². The van der Waals surface area contributed by atoms with Crippen molar-refractivity contribution in [3.05, 3.63) is 58.1 Å². The van der Waals surface area contributed by atoms with Crippen molar-refractivity contribution in [3.8, 4) is 5.75 Å². The summed E-state index contributed by atoms with van der Waals surface area (Å²) < 4.78 is 5.82. The van der Waals surface area contributed by atoms with Crippen molar-refractivity contribution in [1.82, 2.24) is 5.32 Å². The number of nitrogens with one attached hydrogen (secondary N) is 2. The van der Waals surface area contributed by atoms with Gasteiger partial charge in [0, 0.05) is 12.6 Å². The third-order valence-corrected chi connectivity index (χ3v) is 4.81. The normalized spacial score (nSPS) is 15.0. The first-order valence-corrected chi connectivity index (χ1v) is 9.73. The minimum absolute atomic E-state index is 0.0277. The summed E-state index contributed by atoms with van der Waals surface area (Å²) >= 11 is 0. The monoisotopic (exact) mass is 412 g/mol. The zero-order valence-electron chi connectivity index (χ0n) is 16.9. The number of hydrogen-bond donors (Lipinski definition) is 2. The molecule has 0 saturated carbocycles. The first-order valence-electron chi connectivity index (χ1n) is 9.73.